The van der Waals surface area contributed by atoms with Crippen molar-refractivity contribution in [3.8, 4) is 0 Å². The van der Waals surface area contributed by atoms with Crippen LogP contribution in [0.4, 0.5) is 0 Å². The molecule has 0 atom stereocenters. The predicted octanol–water partition coefficient (Wildman–Crippen LogP) is 4.59. The Hall–Kier alpha value is -0.210. The molecule has 0 spiro atoms. The van der Waals surface area contributed by atoms with Crippen molar-refractivity contribution in [2.75, 3.05) is 0 Å². The van der Waals surface area contributed by atoms with E-state index in [4.69, 9.17) is 28.3 Å². The first kappa shape index (κ1) is 13.2. The predicted molar refractivity (Wildman–Crippen MR) is 72.8 cm³/mol. The lowest BCUT2D eigenvalue weighted by Gasteiger charge is -2.10. The van der Waals surface area contributed by atoms with Crippen LogP contribution in [0.1, 0.15) is 56.8 Å². The Bertz CT molecular complexity index is 379. The second kappa shape index (κ2) is 5.62. The molecule has 0 N–H and O–H groups in total. The lowest BCUT2D eigenvalue weighted by molar-refractivity contribution is 0.460. The molecule has 4 heteroatoms. The molecule has 96 valence electrons. The third kappa shape index (κ3) is 2.79. The van der Waals surface area contributed by atoms with Crippen LogP contribution in [0.2, 0.25) is 5.15 Å². The quantitative estimate of drug-likeness (QED) is 0.735. The lowest BCUT2D eigenvalue weighted by Crippen LogP contribution is -2.07. The highest BCUT2D eigenvalue weighted by atomic mass is 35.5. The van der Waals surface area contributed by atoms with Crippen LogP contribution in [0.25, 0.3) is 0 Å². The van der Waals surface area contributed by atoms with E-state index in [1.54, 1.807) is 0 Å². The van der Waals surface area contributed by atoms with Gasteiger partial charge in [0.2, 0.25) is 0 Å². The number of alkyl halides is 1. The number of halogens is 2. The molecule has 1 heterocycles. The molecule has 2 rings (SSSR count). The number of nitrogens with zero attached hydrogens (tertiary/aromatic N) is 2. The molecule has 0 unspecified atom stereocenters. The van der Waals surface area contributed by atoms with E-state index in [-0.39, 0.29) is 0 Å². The molecule has 0 bridgehead atoms. The monoisotopic (exact) mass is 274 g/mol. The number of hydrogen-bond donors (Lipinski definition) is 0. The minimum absolute atomic E-state index is 0.466. The summed E-state index contributed by atoms with van der Waals surface area (Å²) in [5.74, 6) is 1.05. The molecule has 0 amide bonds. The lowest BCUT2D eigenvalue weighted by atomic mass is 10.1. The van der Waals surface area contributed by atoms with Gasteiger partial charge in [-0.2, -0.15) is 5.10 Å². The van der Waals surface area contributed by atoms with Gasteiger partial charge in [0.15, 0.2) is 0 Å². The van der Waals surface area contributed by atoms with Crippen LogP contribution in [0.15, 0.2) is 0 Å². The van der Waals surface area contributed by atoms with Gasteiger partial charge in [-0.15, -0.1) is 11.6 Å². The molecule has 1 aromatic heterocycles. The Morgan fingerprint density at radius 2 is 2.00 bits per heavy atom. The Kier molecular flexibility index (Phi) is 4.37. The van der Waals surface area contributed by atoms with E-state index in [9.17, 15) is 0 Å². The average molecular weight is 275 g/mol. The average Bonchev–Trinajstić information content (AvgIpc) is 2.86. The van der Waals surface area contributed by atoms with Crippen molar-refractivity contribution < 1.29 is 0 Å². The summed E-state index contributed by atoms with van der Waals surface area (Å²) in [6.45, 7) is 4.39. The molecular formula is C13H20Cl2N2. The zero-order valence-corrected chi connectivity index (χ0v) is 12.1. The second-order valence-corrected chi connectivity index (χ2v) is 5.96. The van der Waals surface area contributed by atoms with Crippen molar-refractivity contribution in [2.45, 2.75) is 57.9 Å². The molecule has 1 fully saturated rings. The van der Waals surface area contributed by atoms with Crippen molar-refractivity contribution in [1.82, 2.24) is 9.78 Å². The summed E-state index contributed by atoms with van der Waals surface area (Å²) in [6, 6.07) is 0.491. The highest BCUT2D eigenvalue weighted by Crippen LogP contribution is 2.34. The highest BCUT2D eigenvalue weighted by Gasteiger charge is 2.24. The molecular weight excluding hydrogens is 255 g/mol. The summed E-state index contributed by atoms with van der Waals surface area (Å²) in [5, 5.41) is 5.47. The molecule has 2 nitrogen and oxygen atoms in total. The summed E-state index contributed by atoms with van der Waals surface area (Å²) < 4.78 is 2.02. The van der Waals surface area contributed by atoms with Gasteiger partial charge in [-0.25, -0.2) is 0 Å². The van der Waals surface area contributed by atoms with E-state index < -0.39 is 0 Å². The molecule has 1 saturated carbocycles. The van der Waals surface area contributed by atoms with Gasteiger partial charge in [-0.1, -0.05) is 38.3 Å². The van der Waals surface area contributed by atoms with Crippen LogP contribution in [0.3, 0.4) is 0 Å². The van der Waals surface area contributed by atoms with Gasteiger partial charge in [0.1, 0.15) is 5.15 Å². The maximum atomic E-state index is 6.41. The molecule has 0 aliphatic heterocycles. The summed E-state index contributed by atoms with van der Waals surface area (Å²) in [7, 11) is 0. The topological polar surface area (TPSA) is 17.8 Å². The Labute approximate surface area is 113 Å². The van der Waals surface area contributed by atoms with Crippen molar-refractivity contribution in [1.29, 1.82) is 0 Å². The summed E-state index contributed by atoms with van der Waals surface area (Å²) >= 11 is 12.4. The van der Waals surface area contributed by atoms with E-state index in [1.165, 1.54) is 25.7 Å². The Balaban J connectivity index is 2.30. The van der Waals surface area contributed by atoms with Crippen molar-refractivity contribution in [3.63, 3.8) is 0 Å². The molecule has 1 aliphatic carbocycles. The largest absolute Gasteiger partial charge is 0.250 e. The van der Waals surface area contributed by atoms with Gasteiger partial charge in [-0.05, 0) is 25.2 Å². The van der Waals surface area contributed by atoms with Crippen LogP contribution in [0, 0.1) is 5.92 Å². The molecule has 0 aromatic carbocycles. The van der Waals surface area contributed by atoms with Gasteiger partial charge in [0.05, 0.1) is 17.6 Å². The smallest absolute Gasteiger partial charge is 0.132 e. The first-order valence-corrected chi connectivity index (χ1v) is 7.36. The maximum Gasteiger partial charge on any atom is 0.132 e. The SMILES string of the molecule is CC(C)Cc1nn(C2CCCC2)c(Cl)c1CCl. The first-order valence-electron chi connectivity index (χ1n) is 6.45. The highest BCUT2D eigenvalue weighted by molar-refractivity contribution is 6.31. The van der Waals surface area contributed by atoms with Crippen LogP contribution in [0.5, 0.6) is 0 Å². The van der Waals surface area contributed by atoms with Crippen LogP contribution >= 0.6 is 23.2 Å². The molecule has 0 radical (unpaired) electrons. The second-order valence-electron chi connectivity index (χ2n) is 5.33. The van der Waals surface area contributed by atoms with E-state index in [1.807, 2.05) is 4.68 Å². The fourth-order valence-electron chi connectivity index (χ4n) is 2.57. The van der Waals surface area contributed by atoms with Gasteiger partial charge in [-0.3, -0.25) is 4.68 Å². The number of aromatic nitrogens is 2. The molecule has 1 aliphatic rings. The fourth-order valence-corrected chi connectivity index (χ4v) is 3.27. The van der Waals surface area contributed by atoms with Gasteiger partial charge in [0.25, 0.3) is 0 Å². The molecule has 1 aromatic rings. The third-order valence-corrected chi connectivity index (χ3v) is 4.10. The number of rotatable bonds is 4. The van der Waals surface area contributed by atoms with E-state index in [0.717, 1.165) is 22.8 Å². The zero-order valence-electron chi connectivity index (χ0n) is 10.5. The van der Waals surface area contributed by atoms with Crippen molar-refractivity contribution >= 4 is 23.2 Å². The van der Waals surface area contributed by atoms with Crippen LogP contribution in [-0.4, -0.2) is 9.78 Å². The molecule has 17 heavy (non-hydrogen) atoms. The van der Waals surface area contributed by atoms with Crippen LogP contribution in [-0.2, 0) is 12.3 Å². The normalized spacial score (nSPS) is 17.2. The summed E-state index contributed by atoms with van der Waals surface area (Å²) in [5.41, 5.74) is 2.13. The minimum Gasteiger partial charge on any atom is -0.250 e. The van der Waals surface area contributed by atoms with Gasteiger partial charge < -0.3 is 0 Å². The van der Waals surface area contributed by atoms with Crippen molar-refractivity contribution in [2.24, 2.45) is 5.92 Å². The van der Waals surface area contributed by atoms with Crippen molar-refractivity contribution in [3.05, 3.63) is 16.4 Å². The van der Waals surface area contributed by atoms with E-state index >= 15 is 0 Å². The first-order chi connectivity index (χ1) is 8.13. The maximum absolute atomic E-state index is 6.41. The Morgan fingerprint density at radius 1 is 1.35 bits per heavy atom. The van der Waals surface area contributed by atoms with Crippen LogP contribution < -0.4 is 0 Å². The number of hydrogen-bond acceptors (Lipinski definition) is 1. The summed E-state index contributed by atoms with van der Waals surface area (Å²) in [4.78, 5) is 0. The Morgan fingerprint density at radius 3 is 2.53 bits per heavy atom. The van der Waals surface area contributed by atoms with Gasteiger partial charge >= 0.3 is 0 Å². The zero-order chi connectivity index (χ0) is 12.4. The third-order valence-electron chi connectivity index (χ3n) is 3.43. The molecule has 0 saturated heterocycles. The fraction of sp³-hybridized carbons (Fsp3) is 0.769. The van der Waals surface area contributed by atoms with E-state index in [0.29, 0.717) is 17.8 Å². The van der Waals surface area contributed by atoms with E-state index in [2.05, 4.69) is 13.8 Å². The standard InChI is InChI=1S/C13H20Cl2N2/c1-9(2)7-12-11(8-14)13(15)17(16-12)10-5-3-4-6-10/h9-10H,3-8H2,1-2H3. The summed E-state index contributed by atoms with van der Waals surface area (Å²) in [6.07, 6.45) is 5.93. The van der Waals surface area contributed by atoms with Gasteiger partial charge in [0, 0.05) is 5.56 Å². The minimum atomic E-state index is 0.466.